The first-order valence-corrected chi connectivity index (χ1v) is 15.1. The predicted molar refractivity (Wildman–Crippen MR) is 163 cm³/mol. The highest BCUT2D eigenvalue weighted by atomic mass is 16.2. The van der Waals surface area contributed by atoms with Crippen molar-refractivity contribution in [1.82, 2.24) is 25.1 Å². The first-order valence-electron chi connectivity index (χ1n) is 15.1. The summed E-state index contributed by atoms with van der Waals surface area (Å²) in [5, 5.41) is 14.2. The maximum absolute atomic E-state index is 13.6. The largest absolute Gasteiger partial charge is 0.361 e. The summed E-state index contributed by atoms with van der Waals surface area (Å²) in [5.41, 5.74) is 4.85. The predicted octanol–water partition coefficient (Wildman–Crippen LogP) is 6.77. The number of fused-ring (bicyclic) bond motifs is 1. The quantitative estimate of drug-likeness (QED) is 0.192. The molecule has 0 bridgehead atoms. The molecule has 3 aromatic carbocycles. The van der Waals surface area contributed by atoms with Crippen molar-refractivity contribution in [3.63, 3.8) is 0 Å². The second kappa shape index (κ2) is 13.0. The number of carbonyl (C=O) groups excluding carboxylic acids is 1. The second-order valence-corrected chi connectivity index (χ2v) is 11.3. The number of nitrogens with one attached hydrogen (secondary N) is 2. The number of aryl methyl sites for hydroxylation is 3. The Labute approximate surface area is 242 Å². The van der Waals surface area contributed by atoms with Crippen molar-refractivity contribution in [2.24, 2.45) is 5.92 Å². The third kappa shape index (κ3) is 6.59. The zero-order chi connectivity index (χ0) is 27.9. The Morgan fingerprint density at radius 1 is 0.829 bits per heavy atom. The van der Waals surface area contributed by atoms with E-state index in [1.54, 1.807) is 0 Å². The highest BCUT2D eigenvalue weighted by Gasteiger charge is 2.28. The summed E-state index contributed by atoms with van der Waals surface area (Å²) in [7, 11) is 0. The maximum Gasteiger partial charge on any atom is 0.223 e. The van der Waals surface area contributed by atoms with Gasteiger partial charge in [0.15, 0.2) is 5.82 Å². The maximum atomic E-state index is 13.6. The van der Waals surface area contributed by atoms with E-state index in [2.05, 4.69) is 93.9 Å². The van der Waals surface area contributed by atoms with Crippen LogP contribution in [0.2, 0.25) is 0 Å². The van der Waals surface area contributed by atoms with E-state index < -0.39 is 0 Å². The molecule has 41 heavy (non-hydrogen) atoms. The normalized spacial score (nSPS) is 14.7. The van der Waals surface area contributed by atoms with E-state index in [9.17, 15) is 4.79 Å². The standard InChI is InChI=1S/C35H39N5O/c41-35(28-16-8-3-9-17-28)37-32(24-29-25-36-31-19-11-10-18-30(29)31)34-39-38-33(21-20-26-12-4-1-5-13-26)40(34)23-22-27-14-6-2-7-15-27/h1-2,4-7,10-15,18-19,25,28,32,36H,3,8-9,16-17,20-24H2,(H,37,41). The van der Waals surface area contributed by atoms with Crippen molar-refractivity contribution in [3.8, 4) is 0 Å². The number of aromatic nitrogens is 4. The van der Waals surface area contributed by atoms with E-state index in [1.165, 1.54) is 28.5 Å². The topological polar surface area (TPSA) is 75.6 Å². The SMILES string of the molecule is O=C(NC(Cc1c[nH]c2ccccc12)c1nnc(CCc2ccccc2)n1CCc1ccccc1)C1CCCCC1. The number of H-pyrrole nitrogens is 1. The molecule has 2 N–H and O–H groups in total. The molecule has 1 aliphatic rings. The molecule has 0 spiro atoms. The fourth-order valence-corrected chi connectivity index (χ4v) is 6.20. The van der Waals surface area contributed by atoms with E-state index in [-0.39, 0.29) is 17.9 Å². The van der Waals surface area contributed by atoms with Crippen molar-refractivity contribution in [1.29, 1.82) is 0 Å². The van der Waals surface area contributed by atoms with Gasteiger partial charge in [0.05, 0.1) is 6.04 Å². The Balaban J connectivity index is 1.33. The number of benzene rings is 3. The molecule has 2 heterocycles. The van der Waals surface area contributed by atoms with E-state index >= 15 is 0 Å². The van der Waals surface area contributed by atoms with Crippen LogP contribution in [-0.2, 0) is 37.0 Å². The van der Waals surface area contributed by atoms with Crippen LogP contribution >= 0.6 is 0 Å². The molecule has 5 aromatic rings. The number of para-hydroxylation sites is 1. The summed E-state index contributed by atoms with van der Waals surface area (Å²) in [6, 6.07) is 29.2. The van der Waals surface area contributed by atoms with E-state index in [1.807, 2.05) is 12.1 Å². The molecule has 1 unspecified atom stereocenters. The van der Waals surface area contributed by atoms with Crippen molar-refractivity contribution in [2.75, 3.05) is 0 Å². The van der Waals surface area contributed by atoms with Crippen molar-refractivity contribution >= 4 is 16.8 Å². The molecule has 1 aliphatic carbocycles. The Hall–Kier alpha value is -4.19. The number of aromatic amines is 1. The molecule has 1 atom stereocenters. The monoisotopic (exact) mass is 545 g/mol. The molecule has 1 saturated carbocycles. The van der Waals surface area contributed by atoms with Crippen LogP contribution in [-0.4, -0.2) is 25.7 Å². The molecular weight excluding hydrogens is 506 g/mol. The number of carbonyl (C=O) groups is 1. The summed E-state index contributed by atoms with van der Waals surface area (Å²) in [5.74, 6) is 2.04. The number of amides is 1. The summed E-state index contributed by atoms with van der Waals surface area (Å²) >= 11 is 0. The average molecular weight is 546 g/mol. The van der Waals surface area contributed by atoms with Gasteiger partial charge in [0.1, 0.15) is 5.82 Å². The average Bonchev–Trinajstić information content (AvgIpc) is 3.64. The van der Waals surface area contributed by atoms with E-state index in [0.29, 0.717) is 6.42 Å². The summed E-state index contributed by atoms with van der Waals surface area (Å²) in [4.78, 5) is 17.0. The van der Waals surface area contributed by atoms with Gasteiger partial charge in [-0.25, -0.2) is 0 Å². The molecule has 0 radical (unpaired) electrons. The van der Waals surface area contributed by atoms with Gasteiger partial charge in [-0.3, -0.25) is 4.79 Å². The lowest BCUT2D eigenvalue weighted by Crippen LogP contribution is -2.37. The number of hydrogen-bond acceptors (Lipinski definition) is 3. The fourth-order valence-electron chi connectivity index (χ4n) is 6.20. The highest BCUT2D eigenvalue weighted by molar-refractivity contribution is 5.83. The summed E-state index contributed by atoms with van der Waals surface area (Å²) in [6.45, 7) is 0.764. The third-order valence-electron chi connectivity index (χ3n) is 8.51. The lowest BCUT2D eigenvalue weighted by atomic mass is 9.88. The molecule has 2 aromatic heterocycles. The van der Waals surface area contributed by atoms with Gasteiger partial charge >= 0.3 is 0 Å². The van der Waals surface area contributed by atoms with Crippen LogP contribution < -0.4 is 5.32 Å². The Morgan fingerprint density at radius 3 is 2.27 bits per heavy atom. The number of hydrogen-bond donors (Lipinski definition) is 2. The Morgan fingerprint density at radius 2 is 1.51 bits per heavy atom. The molecule has 6 heteroatoms. The van der Waals surface area contributed by atoms with Gasteiger partial charge in [-0.05, 0) is 48.4 Å². The summed E-state index contributed by atoms with van der Waals surface area (Å²) in [6.07, 6.45) is 10.7. The van der Waals surface area contributed by atoms with Crippen LogP contribution in [0.3, 0.4) is 0 Å². The first-order chi connectivity index (χ1) is 20.2. The Bertz CT molecular complexity index is 1550. The van der Waals surface area contributed by atoms with Crippen LogP contribution in [0.1, 0.15) is 66.5 Å². The molecule has 1 amide bonds. The zero-order valence-electron chi connectivity index (χ0n) is 23.6. The smallest absolute Gasteiger partial charge is 0.223 e. The van der Waals surface area contributed by atoms with Gasteiger partial charge < -0.3 is 14.9 Å². The first kappa shape index (κ1) is 27.0. The minimum absolute atomic E-state index is 0.0764. The number of nitrogens with zero attached hydrogens (tertiary/aromatic N) is 3. The highest BCUT2D eigenvalue weighted by Crippen LogP contribution is 2.28. The van der Waals surface area contributed by atoms with Gasteiger partial charge in [0.2, 0.25) is 5.91 Å². The molecule has 0 aliphatic heterocycles. The molecule has 6 rings (SSSR count). The number of rotatable bonds is 11. The minimum atomic E-state index is -0.266. The lowest BCUT2D eigenvalue weighted by Gasteiger charge is -2.25. The van der Waals surface area contributed by atoms with Gasteiger partial charge in [0, 0.05) is 42.4 Å². The Kier molecular flexibility index (Phi) is 8.55. The van der Waals surface area contributed by atoms with Crippen molar-refractivity contribution in [2.45, 2.75) is 70.4 Å². The van der Waals surface area contributed by atoms with Gasteiger partial charge in [-0.1, -0.05) is 98.1 Å². The van der Waals surface area contributed by atoms with Crippen LogP contribution in [0, 0.1) is 5.92 Å². The lowest BCUT2D eigenvalue weighted by molar-refractivity contribution is -0.126. The van der Waals surface area contributed by atoms with Crippen LogP contribution in [0.4, 0.5) is 0 Å². The molecule has 6 nitrogen and oxygen atoms in total. The van der Waals surface area contributed by atoms with Gasteiger partial charge in [-0.2, -0.15) is 0 Å². The van der Waals surface area contributed by atoms with E-state index in [4.69, 9.17) is 10.2 Å². The second-order valence-electron chi connectivity index (χ2n) is 11.3. The molecule has 0 saturated heterocycles. The van der Waals surface area contributed by atoms with Gasteiger partial charge in [-0.15, -0.1) is 10.2 Å². The summed E-state index contributed by atoms with van der Waals surface area (Å²) < 4.78 is 2.27. The van der Waals surface area contributed by atoms with Crippen molar-refractivity contribution in [3.05, 3.63) is 119 Å². The third-order valence-corrected chi connectivity index (χ3v) is 8.51. The van der Waals surface area contributed by atoms with Crippen LogP contribution in [0.5, 0.6) is 0 Å². The van der Waals surface area contributed by atoms with Crippen LogP contribution in [0.25, 0.3) is 10.9 Å². The molecule has 1 fully saturated rings. The zero-order valence-corrected chi connectivity index (χ0v) is 23.6. The minimum Gasteiger partial charge on any atom is -0.361 e. The van der Waals surface area contributed by atoms with E-state index in [0.717, 1.165) is 68.7 Å². The van der Waals surface area contributed by atoms with Crippen LogP contribution in [0.15, 0.2) is 91.1 Å². The molecular formula is C35H39N5O. The fraction of sp³-hybridized carbons (Fsp3) is 0.343. The molecule has 210 valence electrons. The van der Waals surface area contributed by atoms with Gasteiger partial charge in [0.25, 0.3) is 0 Å². The van der Waals surface area contributed by atoms with Crippen molar-refractivity contribution < 1.29 is 4.79 Å².